The van der Waals surface area contributed by atoms with E-state index in [4.69, 9.17) is 15.2 Å². The topological polar surface area (TPSA) is 164 Å². The molecule has 3 aromatic carbocycles. The maximum Gasteiger partial charge on any atom is 0.437 e. The minimum atomic E-state index is -0.904. The first-order chi connectivity index (χ1) is 19.8. The number of benzene rings is 3. The summed E-state index contributed by atoms with van der Waals surface area (Å²) < 4.78 is 10.4. The van der Waals surface area contributed by atoms with Gasteiger partial charge in [0.2, 0.25) is 11.9 Å². The van der Waals surface area contributed by atoms with Gasteiger partial charge in [0.25, 0.3) is 0 Å². The van der Waals surface area contributed by atoms with Crippen molar-refractivity contribution in [3.63, 3.8) is 0 Å². The van der Waals surface area contributed by atoms with Gasteiger partial charge >= 0.3 is 12.2 Å². The largest absolute Gasteiger partial charge is 0.508 e. The second kappa shape index (κ2) is 16.3. The molecule has 0 aromatic heterocycles. The Morgan fingerprint density at radius 3 is 2.05 bits per heavy atom. The highest BCUT2D eigenvalue weighted by Crippen LogP contribution is 2.17. The predicted molar refractivity (Wildman–Crippen MR) is 154 cm³/mol. The molecule has 0 spiro atoms. The minimum absolute atomic E-state index is 0.0140. The lowest BCUT2D eigenvalue weighted by Gasteiger charge is -2.21. The van der Waals surface area contributed by atoms with Crippen molar-refractivity contribution in [1.82, 2.24) is 16.0 Å². The van der Waals surface area contributed by atoms with Crippen molar-refractivity contribution in [2.75, 3.05) is 6.54 Å². The van der Waals surface area contributed by atoms with Crippen molar-refractivity contribution in [1.29, 1.82) is 0 Å². The Kier molecular flexibility index (Phi) is 12.2. The number of phenolic OH excluding ortho intramolecular Hbond substituents is 1. The zero-order valence-corrected chi connectivity index (χ0v) is 22.8. The van der Waals surface area contributed by atoms with E-state index in [-0.39, 0.29) is 37.5 Å². The molecule has 6 N–H and O–H groups in total. The summed E-state index contributed by atoms with van der Waals surface area (Å²) >= 11 is 0. The van der Waals surface area contributed by atoms with Crippen molar-refractivity contribution in [2.24, 2.45) is 10.7 Å². The number of nitrogens with zero attached hydrogens (tertiary/aromatic N) is 1. The Balaban J connectivity index is 1.55. The monoisotopic (exact) mass is 561 g/mol. The normalized spacial score (nSPS) is 12.6. The number of alkyl carbamates (subject to hydrolysis) is 1. The van der Waals surface area contributed by atoms with Gasteiger partial charge in [-0.15, -0.1) is 4.99 Å². The van der Waals surface area contributed by atoms with Crippen LogP contribution in [0.1, 0.15) is 42.5 Å². The summed E-state index contributed by atoms with van der Waals surface area (Å²) in [5.41, 5.74) is 8.07. The summed E-state index contributed by atoms with van der Waals surface area (Å²) in [6.45, 7) is 2.18. The average Bonchev–Trinajstić information content (AvgIpc) is 2.97. The molecule has 0 radical (unpaired) electrons. The lowest BCUT2D eigenvalue weighted by molar-refractivity contribution is -0.120. The zero-order chi connectivity index (χ0) is 29.5. The second-order valence-electron chi connectivity index (χ2n) is 9.19. The highest BCUT2D eigenvalue weighted by Gasteiger charge is 2.19. The van der Waals surface area contributed by atoms with Gasteiger partial charge in [-0.2, -0.15) is 0 Å². The third-order valence-corrected chi connectivity index (χ3v) is 5.99. The van der Waals surface area contributed by atoms with Gasteiger partial charge in [-0.3, -0.25) is 15.4 Å². The maximum atomic E-state index is 12.4. The highest BCUT2D eigenvalue weighted by molar-refractivity contribution is 5.98. The Hall–Kier alpha value is -4.90. The number of carbonyl (C=O) groups excluding carboxylic acids is 3. The molecule has 41 heavy (non-hydrogen) atoms. The number of amides is 3. The van der Waals surface area contributed by atoms with Crippen LogP contribution in [0, 0.1) is 0 Å². The first-order valence-corrected chi connectivity index (χ1v) is 13.2. The second-order valence-corrected chi connectivity index (χ2v) is 9.19. The van der Waals surface area contributed by atoms with Crippen LogP contribution in [0.15, 0.2) is 89.9 Å². The van der Waals surface area contributed by atoms with Crippen molar-refractivity contribution in [3.05, 3.63) is 102 Å². The summed E-state index contributed by atoms with van der Waals surface area (Å²) in [7, 11) is 0. The molecule has 0 saturated heterocycles. The van der Waals surface area contributed by atoms with Crippen LogP contribution in [-0.4, -0.2) is 41.7 Å². The summed E-state index contributed by atoms with van der Waals surface area (Å²) in [6, 6.07) is 24.1. The summed E-state index contributed by atoms with van der Waals surface area (Å²) in [5, 5.41) is 18.0. The quantitative estimate of drug-likeness (QED) is 0.126. The molecule has 2 atom stereocenters. The van der Waals surface area contributed by atoms with Crippen LogP contribution in [0.4, 0.5) is 9.59 Å². The molecule has 3 rings (SSSR count). The fraction of sp³-hybridized carbons (Fsp3) is 0.267. The van der Waals surface area contributed by atoms with Gasteiger partial charge in [-0.05, 0) is 48.6 Å². The Morgan fingerprint density at radius 1 is 0.878 bits per heavy atom. The first-order valence-electron chi connectivity index (χ1n) is 13.2. The number of hydrogen-bond donors (Lipinski definition) is 5. The molecule has 0 saturated carbocycles. The van der Waals surface area contributed by atoms with Gasteiger partial charge in [0.1, 0.15) is 19.0 Å². The van der Waals surface area contributed by atoms with E-state index in [1.54, 1.807) is 36.4 Å². The van der Waals surface area contributed by atoms with Crippen LogP contribution < -0.4 is 21.7 Å². The maximum absolute atomic E-state index is 12.4. The van der Waals surface area contributed by atoms with Crippen LogP contribution >= 0.6 is 0 Å². The molecule has 0 heterocycles. The number of hydrogen-bond acceptors (Lipinski definition) is 7. The number of ether oxygens (including phenoxy) is 2. The fourth-order valence-corrected chi connectivity index (χ4v) is 3.79. The van der Waals surface area contributed by atoms with E-state index in [1.165, 1.54) is 0 Å². The minimum Gasteiger partial charge on any atom is -0.508 e. The van der Waals surface area contributed by atoms with Crippen LogP contribution in [0.5, 0.6) is 5.75 Å². The number of primary amides is 1. The van der Waals surface area contributed by atoms with E-state index in [9.17, 15) is 19.5 Å². The molecule has 0 bridgehead atoms. The molecule has 3 aromatic rings. The smallest absolute Gasteiger partial charge is 0.437 e. The van der Waals surface area contributed by atoms with Gasteiger partial charge in [0.05, 0.1) is 6.04 Å². The molecule has 3 amide bonds. The standard InChI is InChI=1S/C30H35N5O6/c1-21(24-14-16-25(36)17-15-24)33-26(27(31)37)13-8-18-32-28(34-29(38)40-19-22-9-4-2-5-10-22)35-30(39)41-20-23-11-6-3-7-12-23/h2-7,9-12,14-17,21,26,33,36H,8,13,18-20H2,1H3,(H2,31,37)(H2,32,34,35,38,39)/t21-,26-/m1/s1. The van der Waals surface area contributed by atoms with Crippen LogP contribution in [0.25, 0.3) is 0 Å². The molecule has 0 fully saturated rings. The number of carbonyl (C=O) groups is 3. The average molecular weight is 562 g/mol. The summed E-state index contributed by atoms with van der Waals surface area (Å²) in [4.78, 5) is 40.7. The summed E-state index contributed by atoms with van der Waals surface area (Å²) in [6.07, 6.45) is -0.897. The van der Waals surface area contributed by atoms with Gasteiger partial charge < -0.3 is 25.6 Å². The molecule has 0 aliphatic heterocycles. The SMILES string of the molecule is C[C@@H](N[C@H](CCCNC(=NC(=O)OCc1ccccc1)NC(=O)OCc1ccccc1)C(N)=O)c1ccc(O)cc1. The van der Waals surface area contributed by atoms with Crippen LogP contribution in [0.3, 0.4) is 0 Å². The van der Waals surface area contributed by atoms with E-state index >= 15 is 0 Å². The van der Waals surface area contributed by atoms with E-state index < -0.39 is 24.1 Å². The molecule has 11 heteroatoms. The van der Waals surface area contributed by atoms with E-state index in [2.05, 4.69) is 20.9 Å². The van der Waals surface area contributed by atoms with Gasteiger partial charge in [-0.25, -0.2) is 9.59 Å². The van der Waals surface area contributed by atoms with Crippen molar-refractivity contribution in [3.8, 4) is 5.75 Å². The third kappa shape index (κ3) is 11.4. The number of phenols is 1. The number of aliphatic imine (C=N–C) groups is 1. The molecular weight excluding hydrogens is 526 g/mol. The number of nitrogens with two attached hydrogens (primary N) is 1. The molecule has 0 aliphatic carbocycles. The van der Waals surface area contributed by atoms with Crippen molar-refractivity contribution in [2.45, 2.75) is 45.1 Å². The van der Waals surface area contributed by atoms with Crippen LogP contribution in [0.2, 0.25) is 0 Å². The number of nitrogens with one attached hydrogen (secondary N) is 3. The molecular formula is C30H35N5O6. The Labute approximate surface area is 238 Å². The van der Waals surface area contributed by atoms with Gasteiger partial charge in [-0.1, -0.05) is 72.8 Å². The Morgan fingerprint density at radius 2 is 1.46 bits per heavy atom. The van der Waals surface area contributed by atoms with E-state index in [1.807, 2.05) is 55.5 Å². The van der Waals surface area contributed by atoms with E-state index in [0.717, 1.165) is 16.7 Å². The molecule has 11 nitrogen and oxygen atoms in total. The van der Waals surface area contributed by atoms with Crippen molar-refractivity contribution < 1.29 is 29.0 Å². The molecule has 0 aliphatic rings. The van der Waals surface area contributed by atoms with Crippen LogP contribution in [-0.2, 0) is 27.5 Å². The Bertz CT molecular complexity index is 1290. The highest BCUT2D eigenvalue weighted by atomic mass is 16.6. The number of aromatic hydroxyl groups is 1. The van der Waals surface area contributed by atoms with Gasteiger partial charge in [0.15, 0.2) is 0 Å². The summed E-state index contributed by atoms with van der Waals surface area (Å²) in [5.74, 6) is -0.517. The molecule has 216 valence electrons. The van der Waals surface area contributed by atoms with Crippen molar-refractivity contribution >= 4 is 24.1 Å². The lowest BCUT2D eigenvalue weighted by Crippen LogP contribution is -2.44. The first kappa shape index (κ1) is 30.6. The van der Waals surface area contributed by atoms with E-state index in [0.29, 0.717) is 12.8 Å². The zero-order valence-electron chi connectivity index (χ0n) is 22.8. The number of guanidine groups is 1. The number of rotatable bonds is 12. The fourth-order valence-electron chi connectivity index (χ4n) is 3.79. The third-order valence-electron chi connectivity index (χ3n) is 5.99. The predicted octanol–water partition coefficient (Wildman–Crippen LogP) is 3.89. The molecule has 0 unspecified atom stereocenters. The lowest BCUT2D eigenvalue weighted by atomic mass is 10.0. The van der Waals surface area contributed by atoms with Gasteiger partial charge in [0, 0.05) is 12.6 Å².